The summed E-state index contributed by atoms with van der Waals surface area (Å²) in [5, 5.41) is 6.50. The van der Waals surface area contributed by atoms with Gasteiger partial charge < -0.3 is 10.6 Å². The number of anilines is 1. The summed E-state index contributed by atoms with van der Waals surface area (Å²) in [6.07, 6.45) is 3.22. The number of carbonyl (C=O) groups is 2. The van der Waals surface area contributed by atoms with Crippen molar-refractivity contribution in [3.8, 4) is 0 Å². The Morgan fingerprint density at radius 2 is 2.18 bits per heavy atom. The zero-order valence-electron chi connectivity index (χ0n) is 9.66. The molecule has 2 rings (SSSR count). The number of Topliss-reactive ketones (excluding diaryl/α,β-unsaturated/α-hetero) is 1. The molecule has 0 aromatic carbocycles. The molecule has 6 heteroatoms. The van der Waals surface area contributed by atoms with E-state index in [9.17, 15) is 9.59 Å². The third-order valence-corrected chi connectivity index (χ3v) is 3.81. The van der Waals surface area contributed by atoms with Crippen LogP contribution in [0.4, 0.5) is 5.13 Å². The molecule has 0 bridgehead atoms. The molecule has 0 unspecified atom stereocenters. The van der Waals surface area contributed by atoms with E-state index in [0.29, 0.717) is 10.0 Å². The fourth-order valence-electron chi connectivity index (χ4n) is 1.79. The second-order valence-corrected chi connectivity index (χ2v) is 5.13. The Hall–Kier alpha value is -1.27. The van der Waals surface area contributed by atoms with Gasteiger partial charge in [0.25, 0.3) is 0 Å². The lowest BCUT2D eigenvalue weighted by atomic mass is 9.97. The molecule has 1 aromatic rings. The van der Waals surface area contributed by atoms with E-state index in [2.05, 4.69) is 15.6 Å². The average Bonchev–Trinajstić information content (AvgIpc) is 2.79. The summed E-state index contributed by atoms with van der Waals surface area (Å²) in [6, 6.07) is 0. The SMILES string of the molecule is CC(=O)c1cnc(NC(=O)C2CCNCC2)s1. The Morgan fingerprint density at radius 3 is 2.76 bits per heavy atom. The van der Waals surface area contributed by atoms with Crippen LogP contribution < -0.4 is 10.6 Å². The predicted molar refractivity (Wildman–Crippen MR) is 66.3 cm³/mol. The normalized spacial score (nSPS) is 16.8. The molecule has 1 aliphatic rings. The lowest BCUT2D eigenvalue weighted by Gasteiger charge is -2.20. The van der Waals surface area contributed by atoms with E-state index in [-0.39, 0.29) is 17.6 Å². The number of thiazole rings is 1. The van der Waals surface area contributed by atoms with Gasteiger partial charge in [-0.25, -0.2) is 4.98 Å². The zero-order valence-corrected chi connectivity index (χ0v) is 10.5. The molecule has 5 nitrogen and oxygen atoms in total. The highest BCUT2D eigenvalue weighted by Gasteiger charge is 2.21. The van der Waals surface area contributed by atoms with Gasteiger partial charge in [0, 0.05) is 12.8 Å². The van der Waals surface area contributed by atoms with Crippen molar-refractivity contribution in [1.29, 1.82) is 0 Å². The highest BCUT2D eigenvalue weighted by atomic mass is 32.1. The largest absolute Gasteiger partial charge is 0.317 e. The van der Waals surface area contributed by atoms with E-state index in [1.54, 1.807) is 0 Å². The first-order chi connectivity index (χ1) is 8.16. The maximum absolute atomic E-state index is 11.9. The first-order valence-corrected chi connectivity index (χ1v) is 6.47. The number of hydrogen-bond donors (Lipinski definition) is 2. The van der Waals surface area contributed by atoms with Crippen LogP contribution in [0, 0.1) is 5.92 Å². The van der Waals surface area contributed by atoms with Crippen molar-refractivity contribution in [1.82, 2.24) is 10.3 Å². The summed E-state index contributed by atoms with van der Waals surface area (Å²) in [4.78, 5) is 27.6. The quantitative estimate of drug-likeness (QED) is 0.796. The molecule has 0 spiro atoms. The van der Waals surface area contributed by atoms with Crippen molar-refractivity contribution in [2.75, 3.05) is 18.4 Å². The lowest BCUT2D eigenvalue weighted by Crippen LogP contribution is -2.34. The van der Waals surface area contributed by atoms with E-state index in [4.69, 9.17) is 0 Å². The van der Waals surface area contributed by atoms with Gasteiger partial charge in [0.05, 0.1) is 11.1 Å². The molecule has 0 aliphatic carbocycles. The number of nitrogens with zero attached hydrogens (tertiary/aromatic N) is 1. The molecule has 0 radical (unpaired) electrons. The van der Waals surface area contributed by atoms with Crippen LogP contribution >= 0.6 is 11.3 Å². The Balaban J connectivity index is 1.94. The number of carbonyl (C=O) groups excluding carboxylic acids is 2. The minimum absolute atomic E-state index is 0.0101. The topological polar surface area (TPSA) is 71.1 Å². The molecule has 2 N–H and O–H groups in total. The Bertz CT molecular complexity index is 424. The fourth-order valence-corrected chi connectivity index (χ4v) is 2.50. The van der Waals surface area contributed by atoms with Gasteiger partial charge in [-0.2, -0.15) is 0 Å². The highest BCUT2D eigenvalue weighted by molar-refractivity contribution is 7.17. The van der Waals surface area contributed by atoms with Gasteiger partial charge in [-0.15, -0.1) is 0 Å². The van der Waals surface area contributed by atoms with E-state index in [1.165, 1.54) is 24.5 Å². The number of aromatic nitrogens is 1. The van der Waals surface area contributed by atoms with Crippen LogP contribution in [0.25, 0.3) is 0 Å². The summed E-state index contributed by atoms with van der Waals surface area (Å²) in [6.45, 7) is 3.26. The number of nitrogens with one attached hydrogen (secondary N) is 2. The molecule has 2 heterocycles. The molecule has 92 valence electrons. The van der Waals surface area contributed by atoms with Crippen molar-refractivity contribution in [3.63, 3.8) is 0 Å². The van der Waals surface area contributed by atoms with Crippen molar-refractivity contribution >= 4 is 28.2 Å². The van der Waals surface area contributed by atoms with Crippen LogP contribution in [0.2, 0.25) is 0 Å². The molecule has 1 fully saturated rings. The first kappa shape index (κ1) is 12.2. The van der Waals surface area contributed by atoms with Crippen LogP contribution in [0.5, 0.6) is 0 Å². The van der Waals surface area contributed by atoms with Crippen LogP contribution in [0.15, 0.2) is 6.20 Å². The molecule has 1 aliphatic heterocycles. The van der Waals surface area contributed by atoms with Gasteiger partial charge in [0.2, 0.25) is 5.91 Å². The molecule has 1 saturated heterocycles. The van der Waals surface area contributed by atoms with Gasteiger partial charge in [-0.1, -0.05) is 11.3 Å². The Morgan fingerprint density at radius 1 is 1.47 bits per heavy atom. The number of ketones is 1. The first-order valence-electron chi connectivity index (χ1n) is 5.65. The van der Waals surface area contributed by atoms with Crippen molar-refractivity contribution in [2.45, 2.75) is 19.8 Å². The number of hydrogen-bond acceptors (Lipinski definition) is 5. The third kappa shape index (κ3) is 3.10. The molecule has 0 atom stereocenters. The van der Waals surface area contributed by atoms with Gasteiger partial charge in [-0.05, 0) is 25.9 Å². The lowest BCUT2D eigenvalue weighted by molar-refractivity contribution is -0.120. The number of amides is 1. The summed E-state index contributed by atoms with van der Waals surface area (Å²) in [5.41, 5.74) is 0. The molecule has 17 heavy (non-hydrogen) atoms. The van der Waals surface area contributed by atoms with Crippen molar-refractivity contribution in [3.05, 3.63) is 11.1 Å². The highest BCUT2D eigenvalue weighted by Crippen LogP contribution is 2.20. The summed E-state index contributed by atoms with van der Waals surface area (Å²) in [7, 11) is 0. The monoisotopic (exact) mass is 253 g/mol. The van der Waals surface area contributed by atoms with E-state index in [0.717, 1.165) is 25.9 Å². The van der Waals surface area contributed by atoms with Crippen LogP contribution in [-0.2, 0) is 4.79 Å². The molecule has 0 saturated carbocycles. The second kappa shape index (κ2) is 5.37. The van der Waals surface area contributed by atoms with Gasteiger partial charge in [0.15, 0.2) is 10.9 Å². The Labute approximate surface area is 104 Å². The molecular weight excluding hydrogens is 238 g/mol. The van der Waals surface area contributed by atoms with Gasteiger partial charge in [-0.3, -0.25) is 9.59 Å². The average molecular weight is 253 g/mol. The van der Waals surface area contributed by atoms with E-state index >= 15 is 0 Å². The van der Waals surface area contributed by atoms with Gasteiger partial charge in [0.1, 0.15) is 0 Å². The summed E-state index contributed by atoms with van der Waals surface area (Å²) < 4.78 is 0. The molecule has 1 aromatic heterocycles. The third-order valence-electron chi connectivity index (χ3n) is 2.79. The fraction of sp³-hybridized carbons (Fsp3) is 0.545. The minimum Gasteiger partial charge on any atom is -0.317 e. The van der Waals surface area contributed by atoms with Crippen molar-refractivity contribution < 1.29 is 9.59 Å². The Kier molecular flexibility index (Phi) is 3.86. The second-order valence-electron chi connectivity index (χ2n) is 4.10. The summed E-state index contributed by atoms with van der Waals surface area (Å²) >= 11 is 1.23. The smallest absolute Gasteiger partial charge is 0.229 e. The van der Waals surface area contributed by atoms with Crippen LogP contribution in [0.3, 0.4) is 0 Å². The van der Waals surface area contributed by atoms with Crippen molar-refractivity contribution in [2.24, 2.45) is 5.92 Å². The standard InChI is InChI=1S/C11H15N3O2S/c1-7(15)9-6-13-11(17-9)14-10(16)8-2-4-12-5-3-8/h6,8,12H,2-5H2,1H3,(H,13,14,16). The predicted octanol–water partition coefficient (Wildman–Crippen LogP) is 1.28. The number of piperidine rings is 1. The number of rotatable bonds is 3. The minimum atomic E-state index is -0.0233. The summed E-state index contributed by atoms with van der Waals surface area (Å²) in [5.74, 6) is 0.0433. The van der Waals surface area contributed by atoms with E-state index < -0.39 is 0 Å². The molecule has 1 amide bonds. The maximum Gasteiger partial charge on any atom is 0.229 e. The van der Waals surface area contributed by atoms with E-state index in [1.807, 2.05) is 0 Å². The maximum atomic E-state index is 11.9. The van der Waals surface area contributed by atoms with Crippen LogP contribution in [-0.4, -0.2) is 29.8 Å². The van der Waals surface area contributed by atoms with Crippen LogP contribution in [0.1, 0.15) is 29.4 Å². The molecular formula is C11H15N3O2S. The zero-order chi connectivity index (χ0) is 12.3. The van der Waals surface area contributed by atoms with Gasteiger partial charge >= 0.3 is 0 Å².